The third kappa shape index (κ3) is 3.77. The molecule has 1 unspecified atom stereocenters. The van der Waals surface area contributed by atoms with Gasteiger partial charge in [0.05, 0.1) is 18.0 Å². The summed E-state index contributed by atoms with van der Waals surface area (Å²) >= 11 is 0. The maximum atomic E-state index is 13.3. The minimum atomic E-state index is -3.64. The quantitative estimate of drug-likeness (QED) is 0.833. The lowest BCUT2D eigenvalue weighted by Gasteiger charge is -2.26. The van der Waals surface area contributed by atoms with Crippen molar-refractivity contribution in [3.63, 3.8) is 0 Å². The number of rotatable bonds is 5. The fraction of sp³-hybridized carbons (Fsp3) is 0.381. The van der Waals surface area contributed by atoms with Crippen molar-refractivity contribution in [2.75, 3.05) is 20.7 Å². The lowest BCUT2D eigenvalue weighted by molar-refractivity contribution is 0.0735. The number of carbonyl (C=O) groups excluding carboxylic acids is 1. The zero-order valence-electron chi connectivity index (χ0n) is 16.7. The highest BCUT2D eigenvalue weighted by Crippen LogP contribution is 2.34. The van der Waals surface area contributed by atoms with Crippen molar-refractivity contribution in [2.24, 2.45) is 0 Å². The Labute approximate surface area is 166 Å². The first kappa shape index (κ1) is 20.4. The van der Waals surface area contributed by atoms with Gasteiger partial charge in [0.15, 0.2) is 0 Å². The first-order valence-electron chi connectivity index (χ1n) is 9.28. The molecular weight excluding hydrogens is 376 g/mol. The molecule has 1 saturated heterocycles. The van der Waals surface area contributed by atoms with Crippen molar-refractivity contribution >= 4 is 15.9 Å². The molecule has 0 saturated carbocycles. The fourth-order valence-electron chi connectivity index (χ4n) is 3.69. The van der Waals surface area contributed by atoms with Crippen molar-refractivity contribution in [2.45, 2.75) is 37.6 Å². The summed E-state index contributed by atoms with van der Waals surface area (Å²) in [4.78, 5) is 15.3. The first-order valence-corrected chi connectivity index (χ1v) is 10.8. The second-order valence-corrected chi connectivity index (χ2v) is 8.91. The molecule has 1 fully saturated rings. The largest absolute Gasteiger partial charge is 0.497 e. The van der Waals surface area contributed by atoms with Crippen molar-refractivity contribution in [3.8, 4) is 5.75 Å². The van der Waals surface area contributed by atoms with E-state index < -0.39 is 10.0 Å². The molecule has 0 aliphatic carbocycles. The van der Waals surface area contributed by atoms with Crippen molar-refractivity contribution in [1.29, 1.82) is 0 Å². The van der Waals surface area contributed by atoms with E-state index in [9.17, 15) is 13.2 Å². The Morgan fingerprint density at radius 1 is 1.18 bits per heavy atom. The number of nitrogens with zero attached hydrogens (tertiary/aromatic N) is 1. The van der Waals surface area contributed by atoms with Gasteiger partial charge in [-0.1, -0.05) is 12.1 Å². The van der Waals surface area contributed by atoms with Gasteiger partial charge in [0.25, 0.3) is 5.91 Å². The number of benzene rings is 2. The number of sulfonamides is 1. The van der Waals surface area contributed by atoms with Gasteiger partial charge in [-0.3, -0.25) is 4.79 Å². The van der Waals surface area contributed by atoms with E-state index in [1.54, 1.807) is 20.1 Å². The van der Waals surface area contributed by atoms with Gasteiger partial charge in [0.1, 0.15) is 5.75 Å². The molecule has 7 heteroatoms. The zero-order valence-corrected chi connectivity index (χ0v) is 17.5. The van der Waals surface area contributed by atoms with Crippen LogP contribution >= 0.6 is 0 Å². The molecule has 1 heterocycles. The summed E-state index contributed by atoms with van der Waals surface area (Å²) < 4.78 is 32.3. The highest BCUT2D eigenvalue weighted by molar-refractivity contribution is 7.89. The molecule has 0 aromatic heterocycles. The van der Waals surface area contributed by atoms with E-state index in [0.29, 0.717) is 17.7 Å². The van der Waals surface area contributed by atoms with Gasteiger partial charge < -0.3 is 9.64 Å². The highest BCUT2D eigenvalue weighted by Gasteiger charge is 2.31. The van der Waals surface area contributed by atoms with Crippen LogP contribution in [0.5, 0.6) is 5.75 Å². The summed E-state index contributed by atoms with van der Waals surface area (Å²) in [5, 5.41) is 0. The van der Waals surface area contributed by atoms with E-state index in [1.807, 2.05) is 36.1 Å². The number of methoxy groups -OCH3 is 1. The molecule has 2 aromatic rings. The topological polar surface area (TPSA) is 75.7 Å². The molecule has 0 spiro atoms. The maximum absolute atomic E-state index is 13.3. The predicted octanol–water partition coefficient (Wildman–Crippen LogP) is 3.20. The normalized spacial score (nSPS) is 17.0. The molecule has 1 atom stereocenters. The van der Waals surface area contributed by atoms with Gasteiger partial charge in [-0.2, -0.15) is 0 Å². The van der Waals surface area contributed by atoms with Crippen LogP contribution in [0.2, 0.25) is 0 Å². The van der Waals surface area contributed by atoms with Gasteiger partial charge in [0, 0.05) is 12.1 Å². The molecule has 6 nitrogen and oxygen atoms in total. The Morgan fingerprint density at radius 3 is 2.46 bits per heavy atom. The fourth-order valence-corrected chi connectivity index (χ4v) is 4.75. The molecule has 1 aliphatic rings. The first-order chi connectivity index (χ1) is 13.3. The average molecular weight is 403 g/mol. The molecule has 150 valence electrons. The number of ether oxygens (including phenoxy) is 1. The van der Waals surface area contributed by atoms with Gasteiger partial charge in [-0.15, -0.1) is 0 Å². The minimum absolute atomic E-state index is 0.0237. The Hall–Kier alpha value is -2.38. The molecular formula is C21H26N2O4S. The molecule has 28 heavy (non-hydrogen) atoms. The van der Waals surface area contributed by atoms with Gasteiger partial charge >= 0.3 is 0 Å². The Morgan fingerprint density at radius 2 is 1.86 bits per heavy atom. The van der Waals surface area contributed by atoms with Crippen LogP contribution in [0.15, 0.2) is 41.3 Å². The molecule has 0 bridgehead atoms. The van der Waals surface area contributed by atoms with Crippen LogP contribution in [-0.4, -0.2) is 39.9 Å². The summed E-state index contributed by atoms with van der Waals surface area (Å²) in [5.74, 6) is 0.629. The zero-order chi connectivity index (χ0) is 20.5. The standard InChI is InChI=1S/C21H26N2O4S/c1-14-12-17(13-20(15(14)2)28(25,26)22-3)21(24)23-11-5-6-19(23)16-7-9-18(27-4)10-8-16/h7-10,12-13,19,22H,5-6,11H2,1-4H3. The molecule has 2 aromatic carbocycles. The Kier molecular flexibility index (Phi) is 5.76. The number of hydrogen-bond acceptors (Lipinski definition) is 4. The molecule has 3 rings (SSSR count). The maximum Gasteiger partial charge on any atom is 0.254 e. The van der Waals surface area contributed by atoms with Crippen LogP contribution in [0.4, 0.5) is 0 Å². The molecule has 0 radical (unpaired) electrons. The predicted molar refractivity (Wildman–Crippen MR) is 108 cm³/mol. The number of hydrogen-bond donors (Lipinski definition) is 1. The van der Waals surface area contributed by atoms with Crippen LogP contribution < -0.4 is 9.46 Å². The van der Waals surface area contributed by atoms with E-state index in [2.05, 4.69) is 4.72 Å². The van der Waals surface area contributed by atoms with E-state index in [4.69, 9.17) is 4.74 Å². The van der Waals surface area contributed by atoms with Gasteiger partial charge in [0.2, 0.25) is 10.0 Å². The number of likely N-dealkylation sites (tertiary alicyclic amines) is 1. The summed E-state index contributed by atoms with van der Waals surface area (Å²) in [5.41, 5.74) is 2.88. The Bertz CT molecular complexity index is 984. The van der Waals surface area contributed by atoms with Crippen molar-refractivity contribution < 1.29 is 17.9 Å². The van der Waals surface area contributed by atoms with E-state index >= 15 is 0 Å². The van der Waals surface area contributed by atoms with Crippen LogP contribution in [0.3, 0.4) is 0 Å². The lowest BCUT2D eigenvalue weighted by atomic mass is 10.0. The van der Waals surface area contributed by atoms with Crippen LogP contribution in [0, 0.1) is 13.8 Å². The van der Waals surface area contributed by atoms with E-state index in [-0.39, 0.29) is 16.8 Å². The van der Waals surface area contributed by atoms with E-state index in [0.717, 1.165) is 29.7 Å². The summed E-state index contributed by atoms with van der Waals surface area (Å²) in [6.07, 6.45) is 1.79. The number of carbonyl (C=O) groups is 1. The van der Waals surface area contributed by atoms with Crippen LogP contribution in [0.1, 0.15) is 45.9 Å². The SMILES string of the molecule is CNS(=O)(=O)c1cc(C(=O)N2CCCC2c2ccc(OC)cc2)cc(C)c1C. The number of nitrogens with one attached hydrogen (secondary N) is 1. The van der Waals surface area contributed by atoms with Crippen molar-refractivity contribution in [3.05, 3.63) is 58.7 Å². The van der Waals surface area contributed by atoms with Crippen LogP contribution in [-0.2, 0) is 10.0 Å². The van der Waals surface area contributed by atoms with Crippen molar-refractivity contribution in [1.82, 2.24) is 9.62 Å². The third-order valence-electron chi connectivity index (χ3n) is 5.44. The minimum Gasteiger partial charge on any atom is -0.497 e. The number of aryl methyl sites for hydroxylation is 1. The van der Waals surface area contributed by atoms with E-state index in [1.165, 1.54) is 13.1 Å². The Balaban J connectivity index is 1.96. The average Bonchev–Trinajstić information content (AvgIpc) is 3.19. The smallest absolute Gasteiger partial charge is 0.254 e. The number of amides is 1. The summed E-state index contributed by atoms with van der Waals surface area (Å²) in [6.45, 7) is 4.23. The second kappa shape index (κ2) is 7.93. The van der Waals surface area contributed by atoms with Crippen LogP contribution in [0.25, 0.3) is 0 Å². The highest BCUT2D eigenvalue weighted by atomic mass is 32.2. The molecule has 1 aliphatic heterocycles. The third-order valence-corrected chi connectivity index (χ3v) is 6.98. The monoisotopic (exact) mass is 402 g/mol. The molecule has 1 amide bonds. The molecule has 1 N–H and O–H groups in total. The summed E-state index contributed by atoms with van der Waals surface area (Å²) in [6, 6.07) is 11.0. The lowest BCUT2D eigenvalue weighted by Crippen LogP contribution is -2.31. The second-order valence-electron chi connectivity index (χ2n) is 7.05. The summed E-state index contributed by atoms with van der Waals surface area (Å²) in [7, 11) is -0.643. The van der Waals surface area contributed by atoms with Gasteiger partial charge in [-0.25, -0.2) is 13.1 Å². The van der Waals surface area contributed by atoms with Gasteiger partial charge in [-0.05, 0) is 74.7 Å².